The van der Waals surface area contributed by atoms with Gasteiger partial charge in [-0.15, -0.1) is 6.58 Å². The number of likely N-dealkylation sites (N-methyl/N-ethyl adjacent to an activating group) is 1. The predicted molar refractivity (Wildman–Crippen MR) is 222 cm³/mol. The molecule has 4 amide bonds. The van der Waals surface area contributed by atoms with Crippen LogP contribution in [-0.4, -0.2) is 101 Å². The van der Waals surface area contributed by atoms with E-state index in [0.29, 0.717) is 40.9 Å². The molecule has 14 nitrogen and oxygen atoms in total. The Bertz CT molecular complexity index is 2270. The molecular weight excluding hydrogens is 775 g/mol. The molecule has 3 saturated carbocycles. The monoisotopic (exact) mass is 829 g/mol. The van der Waals surface area contributed by atoms with Crippen molar-refractivity contribution in [3.63, 3.8) is 0 Å². The number of nitrogens with one attached hydrogen (secondary N) is 2. The molecule has 3 aliphatic carbocycles. The van der Waals surface area contributed by atoms with Crippen LogP contribution in [0.3, 0.4) is 0 Å². The highest BCUT2D eigenvalue weighted by Crippen LogP contribution is 2.60. The van der Waals surface area contributed by atoms with Gasteiger partial charge in [0.05, 0.1) is 29.6 Å². The summed E-state index contributed by atoms with van der Waals surface area (Å²) in [7, 11) is -1.16. The van der Waals surface area contributed by atoms with Crippen molar-refractivity contribution in [3.8, 4) is 22.8 Å². The van der Waals surface area contributed by atoms with E-state index in [4.69, 9.17) is 19.2 Å². The lowest BCUT2D eigenvalue weighted by molar-refractivity contribution is -0.142. The molecule has 15 heteroatoms. The number of rotatable bonds is 14. The standard InChI is InChI=1S/C44H55N5O9S/c1-9-28-24-44(28,40(52)48(7)59(54,55)43(19-20-43)29-15-16-29)47-38(50)35-22-31(25-49(35)39(51)37(26(2)3)46-41(53)58-42(4,5)6)57-36-23-33(27-13-11-10-12-14-27)45-34-21-30(56-8)17-18-32(34)36/h9-14,17-18,21,23,26,28-29,31,35,37H,1,15-16,19-20,22,24-25H2,2-8H3,(H,46,53)(H,47,50). The second-order valence-corrected chi connectivity index (χ2v) is 20.0. The molecule has 1 aliphatic heterocycles. The number of nitrogens with zero attached hydrogens (tertiary/aromatic N) is 3. The van der Waals surface area contributed by atoms with Crippen LogP contribution in [0.2, 0.25) is 0 Å². The lowest BCUT2D eigenvalue weighted by Gasteiger charge is -2.32. The van der Waals surface area contributed by atoms with E-state index in [0.717, 1.165) is 22.7 Å². The summed E-state index contributed by atoms with van der Waals surface area (Å²) >= 11 is 0. The molecule has 59 heavy (non-hydrogen) atoms. The van der Waals surface area contributed by atoms with E-state index in [2.05, 4.69) is 17.2 Å². The summed E-state index contributed by atoms with van der Waals surface area (Å²) in [5.41, 5.74) is -0.291. The van der Waals surface area contributed by atoms with Crippen LogP contribution in [0.15, 0.2) is 67.3 Å². The second kappa shape index (κ2) is 15.4. The molecule has 2 N–H and O–H groups in total. The lowest BCUT2D eigenvalue weighted by Crippen LogP contribution is -2.59. The van der Waals surface area contributed by atoms with Gasteiger partial charge in [0.2, 0.25) is 21.8 Å². The Balaban J connectivity index is 1.21. The number of likely N-dealkylation sites (tertiary alicyclic amines) is 1. The van der Waals surface area contributed by atoms with Crippen molar-refractivity contribution in [1.82, 2.24) is 24.8 Å². The van der Waals surface area contributed by atoms with Crippen molar-refractivity contribution in [3.05, 3.63) is 67.3 Å². The smallest absolute Gasteiger partial charge is 0.408 e. The number of pyridine rings is 1. The third-order valence-electron chi connectivity index (χ3n) is 12.0. The maximum Gasteiger partial charge on any atom is 0.408 e. The average Bonchev–Trinajstić information content (AvgIpc) is 4.10. The Morgan fingerprint density at radius 2 is 1.75 bits per heavy atom. The van der Waals surface area contributed by atoms with E-state index < -0.39 is 79.7 Å². The fourth-order valence-corrected chi connectivity index (χ4v) is 10.6. The van der Waals surface area contributed by atoms with Gasteiger partial charge in [-0.1, -0.05) is 50.3 Å². The molecule has 5 unspecified atom stereocenters. The number of methoxy groups -OCH3 is 1. The predicted octanol–water partition coefficient (Wildman–Crippen LogP) is 5.60. The fourth-order valence-electron chi connectivity index (χ4n) is 8.43. The summed E-state index contributed by atoms with van der Waals surface area (Å²) in [5.74, 6) is -1.75. The molecule has 0 radical (unpaired) electrons. The first-order valence-electron chi connectivity index (χ1n) is 20.3. The molecule has 7 rings (SSSR count). The number of fused-ring (bicyclic) bond motifs is 1. The van der Waals surface area contributed by atoms with Crippen molar-refractivity contribution in [2.75, 3.05) is 20.7 Å². The normalized spacial score (nSPS) is 23.9. The summed E-state index contributed by atoms with van der Waals surface area (Å²) in [5, 5.41) is 6.30. The van der Waals surface area contributed by atoms with Crippen molar-refractivity contribution in [1.29, 1.82) is 0 Å². The van der Waals surface area contributed by atoms with Gasteiger partial charge >= 0.3 is 6.09 Å². The van der Waals surface area contributed by atoms with Gasteiger partial charge in [-0.05, 0) is 76.8 Å². The summed E-state index contributed by atoms with van der Waals surface area (Å²) in [4.78, 5) is 62.8. The summed E-state index contributed by atoms with van der Waals surface area (Å²) < 4.78 is 45.4. The van der Waals surface area contributed by atoms with Crippen LogP contribution in [0, 0.1) is 17.8 Å². The fraction of sp³-hybridized carbons (Fsp3) is 0.523. The lowest BCUT2D eigenvalue weighted by atomic mass is 10.0. The van der Waals surface area contributed by atoms with Gasteiger partial charge in [-0.3, -0.25) is 14.4 Å². The molecule has 1 saturated heterocycles. The number of amides is 4. The topological polar surface area (TPSA) is 174 Å². The van der Waals surface area contributed by atoms with Crippen molar-refractivity contribution < 1.29 is 41.8 Å². The Hall–Kier alpha value is -5.18. The van der Waals surface area contributed by atoms with Gasteiger partial charge in [-0.25, -0.2) is 22.5 Å². The number of hydrogen-bond acceptors (Lipinski definition) is 10. The van der Waals surface area contributed by atoms with E-state index in [9.17, 15) is 27.6 Å². The zero-order chi connectivity index (χ0) is 42.7. The quantitative estimate of drug-likeness (QED) is 0.195. The number of carbonyl (C=O) groups is 4. The third kappa shape index (κ3) is 8.09. The largest absolute Gasteiger partial charge is 0.497 e. The van der Waals surface area contributed by atoms with Crippen molar-refractivity contribution in [2.24, 2.45) is 17.8 Å². The number of hydrogen-bond donors (Lipinski definition) is 2. The maximum absolute atomic E-state index is 14.7. The van der Waals surface area contributed by atoms with Crippen LogP contribution in [-0.2, 0) is 29.1 Å². The number of carbonyl (C=O) groups excluding carboxylic acids is 4. The van der Waals surface area contributed by atoms with E-state index >= 15 is 0 Å². The molecule has 0 bridgehead atoms. The molecule has 4 fully saturated rings. The zero-order valence-corrected chi connectivity index (χ0v) is 35.6. The summed E-state index contributed by atoms with van der Waals surface area (Å²) in [6.45, 7) is 12.5. The van der Waals surface area contributed by atoms with Gasteiger partial charge in [0.15, 0.2) is 0 Å². The maximum atomic E-state index is 14.7. The third-order valence-corrected chi connectivity index (χ3v) is 14.7. The van der Waals surface area contributed by atoms with Crippen LogP contribution in [0.5, 0.6) is 11.5 Å². The van der Waals surface area contributed by atoms with Crippen molar-refractivity contribution >= 4 is 44.7 Å². The van der Waals surface area contributed by atoms with Crippen molar-refractivity contribution in [2.45, 2.75) is 107 Å². The number of aromatic nitrogens is 1. The average molecular weight is 830 g/mol. The first-order chi connectivity index (χ1) is 27.8. The minimum Gasteiger partial charge on any atom is -0.497 e. The Kier molecular flexibility index (Phi) is 11.0. The van der Waals surface area contributed by atoms with Gasteiger partial charge in [0.1, 0.15) is 40.8 Å². The molecular formula is C44H55N5O9S. The van der Waals surface area contributed by atoms with E-state index in [1.54, 1.807) is 59.9 Å². The molecule has 4 aliphatic rings. The molecule has 1 aromatic heterocycles. The van der Waals surface area contributed by atoms with E-state index in [-0.39, 0.29) is 25.3 Å². The summed E-state index contributed by atoms with van der Waals surface area (Å²) in [6, 6.07) is 14.6. The summed E-state index contributed by atoms with van der Waals surface area (Å²) in [6.07, 6.45) is 2.84. The highest BCUT2D eigenvalue weighted by Gasteiger charge is 2.68. The zero-order valence-electron chi connectivity index (χ0n) is 34.8. The van der Waals surface area contributed by atoms with Crippen LogP contribution in [0.1, 0.15) is 73.1 Å². The highest BCUT2D eigenvalue weighted by atomic mass is 32.2. The molecule has 2 aromatic carbocycles. The van der Waals surface area contributed by atoms with Crippen LogP contribution in [0.25, 0.3) is 22.2 Å². The second-order valence-electron chi connectivity index (χ2n) is 17.7. The van der Waals surface area contributed by atoms with Crippen LogP contribution >= 0.6 is 0 Å². The van der Waals surface area contributed by atoms with Gasteiger partial charge in [0.25, 0.3) is 5.91 Å². The number of sulfonamides is 1. The Morgan fingerprint density at radius 1 is 1.05 bits per heavy atom. The van der Waals surface area contributed by atoms with Gasteiger partial charge in [-0.2, -0.15) is 0 Å². The first kappa shape index (κ1) is 42.0. The molecule has 316 valence electrons. The van der Waals surface area contributed by atoms with Crippen LogP contribution in [0.4, 0.5) is 4.79 Å². The molecule has 2 heterocycles. The molecule has 5 atom stereocenters. The van der Waals surface area contributed by atoms with Gasteiger partial charge in [0, 0.05) is 42.5 Å². The SMILES string of the molecule is C=CC1CC1(NC(=O)C1CC(Oc2cc(-c3ccccc3)nc3cc(OC)ccc23)CN1C(=O)C(NC(=O)OC(C)(C)C)C(C)C)C(=O)N(C)S(=O)(=O)C1(C2CC2)CC1. The van der Waals surface area contributed by atoms with E-state index in [1.807, 2.05) is 42.5 Å². The number of benzene rings is 2. The number of alkyl carbamates (subject to hydrolysis) is 1. The first-order valence-corrected chi connectivity index (χ1v) is 21.8. The highest BCUT2D eigenvalue weighted by molar-refractivity contribution is 7.91. The minimum atomic E-state index is -4.00. The number of ether oxygens (including phenoxy) is 3. The van der Waals surface area contributed by atoms with Crippen LogP contribution < -0.4 is 20.1 Å². The minimum absolute atomic E-state index is 0.0252. The molecule has 0 spiro atoms. The van der Waals surface area contributed by atoms with E-state index in [1.165, 1.54) is 11.9 Å². The molecule has 3 aromatic rings. The Labute approximate surface area is 346 Å². The van der Waals surface area contributed by atoms with Gasteiger partial charge < -0.3 is 29.7 Å². The Morgan fingerprint density at radius 3 is 2.32 bits per heavy atom.